The number of nitrogens with one attached hydrogen (secondary N) is 1. The second-order valence-corrected chi connectivity index (χ2v) is 7.67. The fourth-order valence-corrected chi connectivity index (χ4v) is 3.40. The lowest BCUT2D eigenvalue weighted by Crippen LogP contribution is -2.37. The predicted molar refractivity (Wildman–Crippen MR) is 116 cm³/mol. The van der Waals surface area contributed by atoms with Gasteiger partial charge in [0.05, 0.1) is 37.0 Å². The quantitative estimate of drug-likeness (QED) is 0.527. The van der Waals surface area contributed by atoms with Crippen LogP contribution in [-0.2, 0) is 4.84 Å². The normalized spacial score (nSPS) is 14.5. The van der Waals surface area contributed by atoms with E-state index in [0.717, 1.165) is 28.8 Å². The van der Waals surface area contributed by atoms with Crippen LogP contribution in [0.3, 0.4) is 0 Å². The lowest BCUT2D eigenvalue weighted by Gasteiger charge is -2.20. The van der Waals surface area contributed by atoms with Crippen molar-refractivity contribution in [1.29, 1.82) is 0 Å². The maximum atomic E-state index is 13.8. The number of aliphatic hydroxyl groups excluding tert-OH is 2. The molecule has 1 amide bonds. The average molecular weight is 454 g/mol. The first kappa shape index (κ1) is 22.4. The molecule has 0 atom stereocenters. The first-order valence-corrected chi connectivity index (χ1v) is 10.0. The van der Waals surface area contributed by atoms with E-state index in [2.05, 4.69) is 20.4 Å². The summed E-state index contributed by atoms with van der Waals surface area (Å²) in [7, 11) is 0. The van der Waals surface area contributed by atoms with Crippen molar-refractivity contribution in [2.75, 3.05) is 18.5 Å². The standard InChI is InChI=1S/C23H20F2N4O4/c1-13-5-6-14(18-8-23(11-30,12-31)33-29-18)7-15(13)19-9-27-20(10-26-19)28-22(32)21-16(24)3-2-4-17(21)25/h2-7,9-10,30-31H,8,11-12H2,1H3,(H,27,28,32). The molecule has 0 unspecified atom stereocenters. The molecule has 3 aromatic rings. The Morgan fingerprint density at radius 2 is 1.85 bits per heavy atom. The lowest BCUT2D eigenvalue weighted by atomic mass is 9.93. The molecular formula is C23H20F2N4O4. The molecule has 10 heteroatoms. The van der Waals surface area contributed by atoms with Crippen molar-refractivity contribution in [2.24, 2.45) is 5.16 Å². The number of nitrogens with zero attached hydrogens (tertiary/aromatic N) is 3. The number of halogens is 2. The maximum absolute atomic E-state index is 13.8. The summed E-state index contributed by atoms with van der Waals surface area (Å²) >= 11 is 0. The minimum atomic E-state index is -1.14. The van der Waals surface area contributed by atoms with Crippen LogP contribution in [0.5, 0.6) is 0 Å². The number of carbonyl (C=O) groups is 1. The summed E-state index contributed by atoms with van der Waals surface area (Å²) in [5.41, 5.74) is 1.60. The summed E-state index contributed by atoms with van der Waals surface area (Å²) in [6.45, 7) is 1.14. The van der Waals surface area contributed by atoms with Crippen LogP contribution in [0.1, 0.15) is 27.9 Å². The van der Waals surface area contributed by atoms with Gasteiger partial charge in [0.15, 0.2) is 11.4 Å². The molecule has 0 fully saturated rings. The van der Waals surface area contributed by atoms with Gasteiger partial charge < -0.3 is 20.4 Å². The fraction of sp³-hybridized carbons (Fsp3) is 0.217. The van der Waals surface area contributed by atoms with Crippen LogP contribution in [0.4, 0.5) is 14.6 Å². The van der Waals surface area contributed by atoms with Crippen LogP contribution in [-0.4, -0.2) is 50.6 Å². The molecule has 1 aliphatic rings. The van der Waals surface area contributed by atoms with Crippen LogP contribution in [0, 0.1) is 18.6 Å². The van der Waals surface area contributed by atoms with Crippen LogP contribution in [0.15, 0.2) is 53.9 Å². The van der Waals surface area contributed by atoms with Gasteiger partial charge in [0, 0.05) is 17.5 Å². The van der Waals surface area contributed by atoms with Gasteiger partial charge in [0.2, 0.25) is 0 Å². The van der Waals surface area contributed by atoms with E-state index < -0.39 is 28.7 Å². The van der Waals surface area contributed by atoms with Crippen molar-refractivity contribution in [2.45, 2.75) is 18.9 Å². The molecule has 2 aromatic carbocycles. The molecule has 1 aliphatic heterocycles. The third-order valence-corrected chi connectivity index (χ3v) is 5.35. The third kappa shape index (κ3) is 4.43. The summed E-state index contributed by atoms with van der Waals surface area (Å²) in [6.07, 6.45) is 2.96. The number of anilines is 1. The number of aliphatic hydroxyl groups is 2. The lowest BCUT2D eigenvalue weighted by molar-refractivity contribution is -0.0878. The Kier molecular flexibility index (Phi) is 6.12. The van der Waals surface area contributed by atoms with Crippen molar-refractivity contribution in [3.63, 3.8) is 0 Å². The molecule has 33 heavy (non-hydrogen) atoms. The molecule has 0 saturated carbocycles. The van der Waals surface area contributed by atoms with Gasteiger partial charge in [-0.1, -0.05) is 23.4 Å². The Bertz CT molecular complexity index is 1210. The van der Waals surface area contributed by atoms with E-state index in [9.17, 15) is 23.8 Å². The number of aryl methyl sites for hydroxylation is 1. The van der Waals surface area contributed by atoms with Crippen LogP contribution in [0.25, 0.3) is 11.3 Å². The summed E-state index contributed by atoms with van der Waals surface area (Å²) in [4.78, 5) is 25.9. The van der Waals surface area contributed by atoms with Gasteiger partial charge in [-0.2, -0.15) is 0 Å². The zero-order valence-corrected chi connectivity index (χ0v) is 17.5. The molecule has 0 aliphatic carbocycles. The first-order valence-electron chi connectivity index (χ1n) is 10.0. The Labute approximate surface area is 187 Å². The SMILES string of the molecule is Cc1ccc(C2=NOC(CO)(CO)C2)cc1-c1cnc(NC(=O)c2c(F)cccc2F)cn1. The highest BCUT2D eigenvalue weighted by molar-refractivity contribution is 6.04. The number of aromatic nitrogens is 2. The van der Waals surface area contributed by atoms with Crippen molar-refractivity contribution < 1.29 is 28.6 Å². The van der Waals surface area contributed by atoms with Gasteiger partial charge in [-0.05, 0) is 30.7 Å². The number of hydrogen-bond donors (Lipinski definition) is 3. The molecule has 1 aromatic heterocycles. The smallest absolute Gasteiger partial charge is 0.262 e. The zero-order valence-electron chi connectivity index (χ0n) is 17.5. The van der Waals surface area contributed by atoms with Crippen molar-refractivity contribution in [3.05, 3.63) is 77.1 Å². The second-order valence-electron chi connectivity index (χ2n) is 7.67. The van der Waals surface area contributed by atoms with E-state index in [1.54, 1.807) is 0 Å². The summed E-state index contributed by atoms with van der Waals surface area (Å²) in [6, 6.07) is 8.70. The van der Waals surface area contributed by atoms with E-state index in [4.69, 9.17) is 4.84 Å². The molecular weight excluding hydrogens is 434 g/mol. The largest absolute Gasteiger partial charge is 0.392 e. The monoisotopic (exact) mass is 454 g/mol. The first-order chi connectivity index (χ1) is 15.9. The Hall–Kier alpha value is -3.76. The van der Waals surface area contributed by atoms with Gasteiger partial charge in [-0.3, -0.25) is 9.78 Å². The Balaban J connectivity index is 1.55. The minimum Gasteiger partial charge on any atom is -0.392 e. The maximum Gasteiger partial charge on any atom is 0.262 e. The molecule has 3 N–H and O–H groups in total. The van der Waals surface area contributed by atoms with Crippen molar-refractivity contribution >= 4 is 17.4 Å². The van der Waals surface area contributed by atoms with E-state index in [-0.39, 0.29) is 25.5 Å². The Morgan fingerprint density at radius 3 is 2.45 bits per heavy atom. The fourth-order valence-electron chi connectivity index (χ4n) is 3.40. The number of amides is 1. The van der Waals surface area contributed by atoms with Gasteiger partial charge in [-0.25, -0.2) is 13.8 Å². The van der Waals surface area contributed by atoms with E-state index in [1.165, 1.54) is 18.5 Å². The number of benzene rings is 2. The molecule has 4 rings (SSSR count). The van der Waals surface area contributed by atoms with Crippen LogP contribution >= 0.6 is 0 Å². The molecule has 0 radical (unpaired) electrons. The summed E-state index contributed by atoms with van der Waals surface area (Å²) < 4.78 is 27.6. The summed E-state index contributed by atoms with van der Waals surface area (Å²) in [5.74, 6) is -2.89. The minimum absolute atomic E-state index is 0.0319. The van der Waals surface area contributed by atoms with Gasteiger partial charge in [-0.15, -0.1) is 0 Å². The third-order valence-electron chi connectivity index (χ3n) is 5.35. The molecule has 8 nitrogen and oxygen atoms in total. The van der Waals surface area contributed by atoms with Gasteiger partial charge in [0.1, 0.15) is 17.2 Å². The Morgan fingerprint density at radius 1 is 1.12 bits per heavy atom. The average Bonchev–Trinajstić information content (AvgIpc) is 3.25. The van der Waals surface area contributed by atoms with Crippen molar-refractivity contribution in [3.8, 4) is 11.3 Å². The zero-order chi connectivity index (χ0) is 23.6. The molecule has 0 spiro atoms. The highest BCUT2D eigenvalue weighted by Gasteiger charge is 2.38. The number of hydrogen-bond acceptors (Lipinski definition) is 7. The second kappa shape index (κ2) is 9.00. The molecule has 0 bridgehead atoms. The number of oxime groups is 1. The number of carbonyl (C=O) groups excluding carboxylic acids is 1. The molecule has 170 valence electrons. The van der Waals surface area contributed by atoms with E-state index in [0.29, 0.717) is 11.4 Å². The van der Waals surface area contributed by atoms with Crippen LogP contribution in [0.2, 0.25) is 0 Å². The van der Waals surface area contributed by atoms with E-state index in [1.807, 2.05) is 25.1 Å². The van der Waals surface area contributed by atoms with E-state index >= 15 is 0 Å². The highest BCUT2D eigenvalue weighted by Crippen LogP contribution is 2.29. The topological polar surface area (TPSA) is 117 Å². The number of rotatable bonds is 6. The van der Waals surface area contributed by atoms with Gasteiger partial charge >= 0.3 is 0 Å². The molecule has 0 saturated heterocycles. The van der Waals surface area contributed by atoms with Gasteiger partial charge in [0.25, 0.3) is 5.91 Å². The van der Waals surface area contributed by atoms with Crippen LogP contribution < -0.4 is 5.32 Å². The highest BCUT2D eigenvalue weighted by atomic mass is 19.1. The van der Waals surface area contributed by atoms with Crippen molar-refractivity contribution in [1.82, 2.24) is 9.97 Å². The predicted octanol–water partition coefficient (Wildman–Crippen LogP) is 2.83. The summed E-state index contributed by atoms with van der Waals surface area (Å²) in [5, 5.41) is 25.3. The molecule has 2 heterocycles.